The van der Waals surface area contributed by atoms with E-state index in [-0.39, 0.29) is 34.6 Å². The smallest absolute Gasteiger partial charge is 0.353 e. The van der Waals surface area contributed by atoms with E-state index in [2.05, 4.69) is 5.32 Å². The fraction of sp³-hybridized carbons (Fsp3) is 0.375. The van der Waals surface area contributed by atoms with Crippen molar-refractivity contribution in [3.8, 4) is 5.75 Å². The first-order valence-corrected chi connectivity index (χ1v) is 12.3. The molecule has 13 heteroatoms. The van der Waals surface area contributed by atoms with Crippen molar-refractivity contribution < 1.29 is 38.5 Å². The van der Waals surface area contributed by atoms with Crippen LogP contribution in [0.4, 0.5) is 9.18 Å². The molecule has 198 valence electrons. The first kappa shape index (κ1) is 27.6. The highest BCUT2D eigenvalue weighted by molar-refractivity contribution is 7.13. The number of carbonyl (C=O) groups excluding carboxylic acids is 2. The minimum atomic E-state index is -1.59. The zero-order chi connectivity index (χ0) is 27.1. The lowest BCUT2D eigenvalue weighted by Gasteiger charge is -2.34. The number of amides is 2. The summed E-state index contributed by atoms with van der Waals surface area (Å²) in [6.45, 7) is 0.0650. The fourth-order valence-corrected chi connectivity index (χ4v) is 4.89. The van der Waals surface area contributed by atoms with Crippen LogP contribution in [-0.4, -0.2) is 57.0 Å². The van der Waals surface area contributed by atoms with E-state index in [1.54, 1.807) is 6.07 Å². The molecule has 0 radical (unpaired) electrons. The van der Waals surface area contributed by atoms with Gasteiger partial charge < -0.3 is 30.9 Å². The summed E-state index contributed by atoms with van der Waals surface area (Å²) in [7, 11) is 0. The second-order valence-electron chi connectivity index (χ2n) is 8.57. The Hall–Kier alpha value is -4.00. The number of thiophene rings is 1. The molecule has 1 aliphatic rings. The second kappa shape index (κ2) is 12.3. The predicted octanol–water partition coefficient (Wildman–Crippen LogP) is 3.16. The molecule has 2 amide bonds. The van der Waals surface area contributed by atoms with Crippen molar-refractivity contribution in [3.05, 3.63) is 51.5 Å². The maximum Gasteiger partial charge on any atom is 0.353 e. The van der Waals surface area contributed by atoms with Crippen LogP contribution in [-0.2, 0) is 16.1 Å². The number of carboxylic acids is 2. The molecule has 3 rings (SSSR count). The summed E-state index contributed by atoms with van der Waals surface area (Å²) in [4.78, 5) is 50.3. The third-order valence-electron chi connectivity index (χ3n) is 5.89. The third kappa shape index (κ3) is 7.49. The summed E-state index contributed by atoms with van der Waals surface area (Å²) in [5.41, 5.74) is 5.47. The standard InChI is InChI=1S/C24H27FN4O7S/c25-16-10-13(21(26)27)6-8-18(16)36-23(34)19-9-7-15(37-19)12-29(14-4-2-1-3-5-14)24(35)28-17(22(32)33)11-20(30)31/h6-10,14,17H,1-5,11-12H2,(H3,26,27)(H,28,35)(H,30,31)(H,32,33)/t17-/m0/s1. The number of carbonyl (C=O) groups is 4. The van der Waals surface area contributed by atoms with Crippen molar-refractivity contribution in [1.29, 1.82) is 5.41 Å². The quantitative estimate of drug-likeness (QED) is 0.133. The van der Waals surface area contributed by atoms with Gasteiger partial charge in [0.15, 0.2) is 11.6 Å². The number of urea groups is 1. The molecule has 1 fully saturated rings. The zero-order valence-corrected chi connectivity index (χ0v) is 20.6. The van der Waals surface area contributed by atoms with Crippen LogP contribution in [0, 0.1) is 11.2 Å². The van der Waals surface area contributed by atoms with Crippen molar-refractivity contribution in [2.45, 2.75) is 57.2 Å². The van der Waals surface area contributed by atoms with Gasteiger partial charge in [-0.25, -0.2) is 18.8 Å². The number of nitrogens with zero attached hydrogens (tertiary/aromatic N) is 1. The highest BCUT2D eigenvalue weighted by atomic mass is 32.1. The molecule has 2 aromatic rings. The summed E-state index contributed by atoms with van der Waals surface area (Å²) in [6.07, 6.45) is 3.45. The Bertz CT molecular complexity index is 1200. The molecule has 1 aromatic carbocycles. The van der Waals surface area contributed by atoms with Gasteiger partial charge in [0.05, 0.1) is 13.0 Å². The van der Waals surface area contributed by atoms with E-state index in [0.29, 0.717) is 17.7 Å². The van der Waals surface area contributed by atoms with Gasteiger partial charge in [0.2, 0.25) is 0 Å². The number of esters is 1. The van der Waals surface area contributed by atoms with Gasteiger partial charge in [-0.3, -0.25) is 10.2 Å². The average Bonchev–Trinajstić information content (AvgIpc) is 3.32. The monoisotopic (exact) mass is 534 g/mol. The van der Waals surface area contributed by atoms with Crippen LogP contribution in [0.1, 0.15) is 58.6 Å². The number of benzene rings is 1. The Balaban J connectivity index is 1.74. The SMILES string of the molecule is N=C(N)c1ccc(OC(=O)c2ccc(CN(C(=O)N[C@@H](CC(=O)O)C(=O)O)C3CCCCC3)s2)c(F)c1. The van der Waals surface area contributed by atoms with Crippen LogP contribution in [0.15, 0.2) is 30.3 Å². The molecule has 1 aliphatic carbocycles. The van der Waals surface area contributed by atoms with E-state index >= 15 is 0 Å². The molecular formula is C24H27FN4O7S. The Morgan fingerprint density at radius 3 is 2.46 bits per heavy atom. The minimum Gasteiger partial charge on any atom is -0.481 e. The molecule has 11 nitrogen and oxygen atoms in total. The van der Waals surface area contributed by atoms with E-state index in [9.17, 15) is 28.7 Å². The van der Waals surface area contributed by atoms with Crippen LogP contribution >= 0.6 is 11.3 Å². The number of ether oxygens (including phenoxy) is 1. The molecule has 0 saturated heterocycles. The maximum absolute atomic E-state index is 14.2. The van der Waals surface area contributed by atoms with Crippen LogP contribution in [0.2, 0.25) is 0 Å². The van der Waals surface area contributed by atoms with Gasteiger partial charge in [0.25, 0.3) is 0 Å². The fourth-order valence-electron chi connectivity index (χ4n) is 4.01. The largest absolute Gasteiger partial charge is 0.481 e. The van der Waals surface area contributed by atoms with Crippen molar-refractivity contribution >= 4 is 41.1 Å². The molecule has 0 spiro atoms. The van der Waals surface area contributed by atoms with Crippen molar-refractivity contribution in [2.75, 3.05) is 0 Å². The topological polar surface area (TPSA) is 183 Å². The lowest BCUT2D eigenvalue weighted by molar-refractivity contribution is -0.145. The number of hydrogen-bond donors (Lipinski definition) is 5. The van der Waals surface area contributed by atoms with Gasteiger partial charge in [-0.05, 0) is 43.2 Å². The number of nitrogens with two attached hydrogens (primary N) is 1. The van der Waals surface area contributed by atoms with Crippen molar-refractivity contribution in [1.82, 2.24) is 10.2 Å². The highest BCUT2D eigenvalue weighted by Gasteiger charge is 2.30. The number of aliphatic carboxylic acids is 2. The van der Waals surface area contributed by atoms with E-state index in [1.165, 1.54) is 23.1 Å². The number of amidine groups is 1. The average molecular weight is 535 g/mol. The lowest BCUT2D eigenvalue weighted by Crippen LogP contribution is -2.51. The summed E-state index contributed by atoms with van der Waals surface area (Å²) in [6, 6.07) is 4.16. The first-order valence-electron chi connectivity index (χ1n) is 11.5. The number of nitrogen functional groups attached to an aromatic ring is 1. The second-order valence-corrected chi connectivity index (χ2v) is 9.74. The van der Waals surface area contributed by atoms with Crippen molar-refractivity contribution in [2.24, 2.45) is 5.73 Å². The first-order chi connectivity index (χ1) is 17.5. The Labute approximate surface area is 215 Å². The van der Waals surface area contributed by atoms with Crippen LogP contribution in [0.5, 0.6) is 5.75 Å². The van der Waals surface area contributed by atoms with Gasteiger partial charge in [-0.2, -0.15) is 0 Å². The summed E-state index contributed by atoms with van der Waals surface area (Å²) < 4.78 is 19.4. The molecule has 0 bridgehead atoms. The summed E-state index contributed by atoms with van der Waals surface area (Å²) in [5, 5.41) is 27.9. The molecular weight excluding hydrogens is 507 g/mol. The Kier molecular flexibility index (Phi) is 9.17. The van der Waals surface area contributed by atoms with E-state index in [0.717, 1.165) is 36.7 Å². The molecule has 37 heavy (non-hydrogen) atoms. The van der Waals surface area contributed by atoms with E-state index in [4.69, 9.17) is 21.0 Å². The van der Waals surface area contributed by atoms with Gasteiger partial charge in [-0.15, -0.1) is 11.3 Å². The zero-order valence-electron chi connectivity index (χ0n) is 19.7. The van der Waals surface area contributed by atoms with Crippen LogP contribution < -0.4 is 15.8 Å². The molecule has 1 atom stereocenters. The van der Waals surface area contributed by atoms with Crippen LogP contribution in [0.25, 0.3) is 0 Å². The lowest BCUT2D eigenvalue weighted by atomic mass is 9.94. The number of rotatable bonds is 10. The number of hydrogen-bond acceptors (Lipinski definition) is 7. The molecule has 1 aromatic heterocycles. The predicted molar refractivity (Wildman–Crippen MR) is 131 cm³/mol. The maximum atomic E-state index is 14.2. The number of nitrogens with one attached hydrogen (secondary N) is 2. The Morgan fingerprint density at radius 1 is 1.16 bits per heavy atom. The molecule has 1 heterocycles. The number of halogens is 1. The Morgan fingerprint density at radius 2 is 1.86 bits per heavy atom. The minimum absolute atomic E-state index is 0.0650. The molecule has 1 saturated carbocycles. The van der Waals surface area contributed by atoms with E-state index < -0.39 is 42.2 Å². The number of carboxylic acid groups (broad SMARTS) is 2. The molecule has 6 N–H and O–H groups in total. The van der Waals surface area contributed by atoms with Gasteiger partial charge in [0.1, 0.15) is 16.8 Å². The normalized spacial score (nSPS) is 14.4. The van der Waals surface area contributed by atoms with Crippen molar-refractivity contribution in [3.63, 3.8) is 0 Å². The summed E-state index contributed by atoms with van der Waals surface area (Å²) >= 11 is 1.04. The summed E-state index contributed by atoms with van der Waals surface area (Å²) in [5.74, 6) is -5.14. The highest BCUT2D eigenvalue weighted by Crippen LogP contribution is 2.27. The van der Waals surface area contributed by atoms with Gasteiger partial charge in [-0.1, -0.05) is 19.3 Å². The van der Waals surface area contributed by atoms with E-state index in [1.807, 2.05) is 0 Å². The van der Waals surface area contributed by atoms with Gasteiger partial charge >= 0.3 is 23.9 Å². The molecule has 0 unspecified atom stereocenters. The molecule has 0 aliphatic heterocycles. The van der Waals surface area contributed by atoms with Crippen LogP contribution in [0.3, 0.4) is 0 Å². The van der Waals surface area contributed by atoms with Gasteiger partial charge in [0, 0.05) is 16.5 Å². The third-order valence-corrected chi connectivity index (χ3v) is 6.94.